The number of hydrogen-bond donors (Lipinski definition) is 3. The minimum Gasteiger partial charge on any atom is -0.495 e. The molecule has 0 bridgehead atoms. The molecule has 116 valence electrons. The fraction of sp³-hybridized carbons (Fsp3) is 0.562. The van der Waals surface area contributed by atoms with Crippen LogP contribution < -0.4 is 15.4 Å². The molecule has 1 fully saturated rings. The van der Waals surface area contributed by atoms with Crippen molar-refractivity contribution in [2.24, 2.45) is 0 Å². The van der Waals surface area contributed by atoms with Crippen LogP contribution in [0.3, 0.4) is 0 Å². The number of amides is 1. The van der Waals surface area contributed by atoms with E-state index in [1.54, 1.807) is 7.11 Å². The van der Waals surface area contributed by atoms with Crippen LogP contribution in [0.2, 0.25) is 0 Å². The van der Waals surface area contributed by atoms with Gasteiger partial charge in [0, 0.05) is 19.5 Å². The summed E-state index contributed by atoms with van der Waals surface area (Å²) in [6, 6.07) is 5.81. The van der Waals surface area contributed by atoms with Gasteiger partial charge in [-0.15, -0.1) is 0 Å². The maximum Gasteiger partial charge on any atom is 0.221 e. The molecule has 1 atom stereocenters. The van der Waals surface area contributed by atoms with Gasteiger partial charge < -0.3 is 20.5 Å². The van der Waals surface area contributed by atoms with Crippen LogP contribution in [0.25, 0.3) is 0 Å². The van der Waals surface area contributed by atoms with Crippen LogP contribution in [-0.2, 0) is 4.79 Å². The molecule has 1 amide bonds. The molecule has 1 saturated carbocycles. The minimum absolute atomic E-state index is 0.0908. The number of hydrogen-bond acceptors (Lipinski definition) is 4. The Morgan fingerprint density at radius 3 is 2.71 bits per heavy atom. The number of methoxy groups -OCH3 is 1. The maximum absolute atomic E-state index is 11.3. The Labute approximate surface area is 125 Å². The summed E-state index contributed by atoms with van der Waals surface area (Å²) >= 11 is 0. The first-order valence-electron chi connectivity index (χ1n) is 7.35. The average Bonchev–Trinajstić information content (AvgIpc) is 2.42. The summed E-state index contributed by atoms with van der Waals surface area (Å²) < 4.78 is 5.25. The third-order valence-electron chi connectivity index (χ3n) is 4.06. The van der Waals surface area contributed by atoms with Gasteiger partial charge in [-0.3, -0.25) is 4.79 Å². The molecule has 0 aromatic heterocycles. The van der Waals surface area contributed by atoms with Crippen LogP contribution in [0.5, 0.6) is 5.75 Å². The van der Waals surface area contributed by atoms with E-state index in [2.05, 4.69) is 10.6 Å². The van der Waals surface area contributed by atoms with Crippen molar-refractivity contribution < 1.29 is 14.6 Å². The molecule has 0 radical (unpaired) electrons. The second-order valence-electron chi connectivity index (χ2n) is 5.82. The van der Waals surface area contributed by atoms with E-state index in [1.165, 1.54) is 6.92 Å². The number of nitrogens with one attached hydrogen (secondary N) is 2. The molecule has 1 aromatic rings. The van der Waals surface area contributed by atoms with Crippen LogP contribution in [0.4, 0.5) is 5.69 Å². The molecule has 5 heteroatoms. The Hall–Kier alpha value is -1.59. The molecule has 21 heavy (non-hydrogen) atoms. The van der Waals surface area contributed by atoms with E-state index in [1.807, 2.05) is 25.1 Å². The maximum atomic E-state index is 11.3. The van der Waals surface area contributed by atoms with Crippen molar-refractivity contribution in [2.75, 3.05) is 19.0 Å². The van der Waals surface area contributed by atoms with Crippen molar-refractivity contribution in [3.8, 4) is 5.75 Å². The third kappa shape index (κ3) is 3.95. The Kier molecular flexibility index (Phi) is 4.85. The number of aliphatic hydroxyl groups is 1. The van der Waals surface area contributed by atoms with Gasteiger partial charge in [-0.1, -0.05) is 6.07 Å². The number of anilines is 1. The van der Waals surface area contributed by atoms with E-state index in [0.29, 0.717) is 18.0 Å². The van der Waals surface area contributed by atoms with Crippen molar-refractivity contribution in [3.05, 3.63) is 23.8 Å². The van der Waals surface area contributed by atoms with E-state index < -0.39 is 5.60 Å². The zero-order valence-corrected chi connectivity index (χ0v) is 12.9. The van der Waals surface area contributed by atoms with E-state index in [4.69, 9.17) is 4.74 Å². The van der Waals surface area contributed by atoms with Crippen LogP contribution in [0.1, 0.15) is 44.7 Å². The summed E-state index contributed by atoms with van der Waals surface area (Å²) in [5.74, 6) is 0.508. The fourth-order valence-electron chi connectivity index (χ4n) is 2.50. The highest BCUT2D eigenvalue weighted by molar-refractivity contribution is 5.90. The Balaban J connectivity index is 2.05. The predicted molar refractivity (Wildman–Crippen MR) is 82.5 cm³/mol. The number of benzene rings is 1. The van der Waals surface area contributed by atoms with Crippen molar-refractivity contribution in [2.45, 2.75) is 44.8 Å². The summed E-state index contributed by atoms with van der Waals surface area (Å²) in [6.07, 6.45) is 2.83. The second kappa shape index (κ2) is 6.45. The normalized spacial score (nSPS) is 17.7. The molecule has 0 heterocycles. The lowest BCUT2D eigenvalue weighted by atomic mass is 9.80. The van der Waals surface area contributed by atoms with Gasteiger partial charge in [0.25, 0.3) is 0 Å². The quantitative estimate of drug-likeness (QED) is 0.752. The van der Waals surface area contributed by atoms with Crippen molar-refractivity contribution in [3.63, 3.8) is 0 Å². The largest absolute Gasteiger partial charge is 0.495 e. The van der Waals surface area contributed by atoms with Gasteiger partial charge in [-0.25, -0.2) is 0 Å². The van der Waals surface area contributed by atoms with Crippen molar-refractivity contribution in [1.82, 2.24) is 5.32 Å². The Bertz CT molecular complexity index is 512. The van der Waals surface area contributed by atoms with E-state index >= 15 is 0 Å². The molecule has 2 rings (SSSR count). The Morgan fingerprint density at radius 1 is 1.48 bits per heavy atom. The number of ether oxygens (including phenoxy) is 1. The fourth-order valence-corrected chi connectivity index (χ4v) is 2.50. The molecule has 0 spiro atoms. The van der Waals surface area contributed by atoms with Gasteiger partial charge >= 0.3 is 0 Å². The Morgan fingerprint density at radius 2 is 2.19 bits per heavy atom. The van der Waals surface area contributed by atoms with Gasteiger partial charge in [-0.05, 0) is 43.9 Å². The minimum atomic E-state index is -0.540. The molecular formula is C16H24N2O3. The van der Waals surface area contributed by atoms with Gasteiger partial charge in [0.15, 0.2) is 0 Å². The molecule has 1 unspecified atom stereocenters. The summed E-state index contributed by atoms with van der Waals surface area (Å²) in [4.78, 5) is 11.3. The molecule has 5 nitrogen and oxygen atoms in total. The molecule has 1 aliphatic carbocycles. The predicted octanol–water partition coefficient (Wildman–Crippen LogP) is 2.22. The molecule has 1 aliphatic rings. The zero-order valence-electron chi connectivity index (χ0n) is 12.9. The van der Waals surface area contributed by atoms with Crippen LogP contribution in [-0.4, -0.2) is 30.3 Å². The first-order chi connectivity index (χ1) is 9.93. The summed E-state index contributed by atoms with van der Waals surface area (Å²) in [6.45, 7) is 4.11. The van der Waals surface area contributed by atoms with Crippen molar-refractivity contribution in [1.29, 1.82) is 0 Å². The molecule has 1 aromatic carbocycles. The number of rotatable bonds is 6. The first kappa shape index (κ1) is 15.8. The highest BCUT2D eigenvalue weighted by Gasteiger charge is 2.34. The molecule has 0 saturated heterocycles. The van der Waals surface area contributed by atoms with Gasteiger partial charge in [0.1, 0.15) is 5.75 Å². The number of carbonyl (C=O) groups is 1. The van der Waals surface area contributed by atoms with E-state index in [9.17, 15) is 9.90 Å². The van der Waals surface area contributed by atoms with Gasteiger partial charge in [0.2, 0.25) is 5.91 Å². The average molecular weight is 292 g/mol. The lowest BCUT2D eigenvalue weighted by molar-refractivity contribution is -0.114. The lowest BCUT2D eigenvalue weighted by Gasteiger charge is -2.37. The van der Waals surface area contributed by atoms with Gasteiger partial charge in [-0.2, -0.15) is 0 Å². The zero-order chi connectivity index (χ0) is 15.5. The standard InChI is InChI=1S/C16H24N2O3/c1-11(17-10-16(20)7-4-8-16)13-5-6-15(21-3)14(9-13)18-12(2)19/h5-6,9,11,17,20H,4,7-8,10H2,1-3H3,(H,18,19). The van der Waals surface area contributed by atoms with Crippen LogP contribution >= 0.6 is 0 Å². The highest BCUT2D eigenvalue weighted by Crippen LogP contribution is 2.32. The lowest BCUT2D eigenvalue weighted by Crippen LogP contribution is -2.46. The second-order valence-corrected chi connectivity index (χ2v) is 5.82. The van der Waals surface area contributed by atoms with Crippen LogP contribution in [0.15, 0.2) is 18.2 Å². The number of carbonyl (C=O) groups excluding carboxylic acids is 1. The first-order valence-corrected chi connectivity index (χ1v) is 7.35. The third-order valence-corrected chi connectivity index (χ3v) is 4.06. The summed E-state index contributed by atoms with van der Waals surface area (Å²) in [7, 11) is 1.58. The SMILES string of the molecule is COc1ccc(C(C)NCC2(O)CCC2)cc1NC(C)=O. The van der Waals surface area contributed by atoms with Gasteiger partial charge in [0.05, 0.1) is 18.4 Å². The van der Waals surface area contributed by atoms with Crippen LogP contribution in [0, 0.1) is 0 Å². The molecule has 3 N–H and O–H groups in total. The smallest absolute Gasteiger partial charge is 0.221 e. The monoisotopic (exact) mass is 292 g/mol. The molecule has 0 aliphatic heterocycles. The van der Waals surface area contributed by atoms with E-state index in [-0.39, 0.29) is 11.9 Å². The topological polar surface area (TPSA) is 70.6 Å². The van der Waals surface area contributed by atoms with E-state index in [0.717, 1.165) is 24.8 Å². The highest BCUT2D eigenvalue weighted by atomic mass is 16.5. The van der Waals surface area contributed by atoms with Crippen molar-refractivity contribution >= 4 is 11.6 Å². The summed E-state index contributed by atoms with van der Waals surface area (Å²) in [5, 5.41) is 16.3. The molecular weight excluding hydrogens is 268 g/mol. The summed E-state index contributed by atoms with van der Waals surface area (Å²) in [5.41, 5.74) is 1.17.